The van der Waals surface area contributed by atoms with Gasteiger partial charge in [-0.15, -0.1) is 11.3 Å². The molecule has 0 bridgehead atoms. The average molecular weight is 424 g/mol. The number of thiophene rings is 1. The summed E-state index contributed by atoms with van der Waals surface area (Å²) in [5.41, 5.74) is 4.46. The van der Waals surface area contributed by atoms with Crippen molar-refractivity contribution in [2.24, 2.45) is 5.10 Å². The highest BCUT2D eigenvalue weighted by Gasteiger charge is 2.20. The van der Waals surface area contributed by atoms with E-state index in [2.05, 4.69) is 20.2 Å². The van der Waals surface area contributed by atoms with Gasteiger partial charge in [0, 0.05) is 4.88 Å². The van der Waals surface area contributed by atoms with Gasteiger partial charge in [-0.3, -0.25) is 14.2 Å². The van der Waals surface area contributed by atoms with E-state index in [1.807, 2.05) is 0 Å². The number of carbonyl (C=O) groups excluding carboxylic acids is 2. The lowest BCUT2D eigenvalue weighted by Crippen LogP contribution is -2.30. The summed E-state index contributed by atoms with van der Waals surface area (Å²) < 4.78 is 5.96. The molecule has 1 aliphatic carbocycles. The summed E-state index contributed by atoms with van der Waals surface area (Å²) in [5.74, 6) is -0.848. The van der Waals surface area contributed by atoms with E-state index in [9.17, 15) is 14.4 Å². The van der Waals surface area contributed by atoms with Gasteiger partial charge in [0.05, 0.1) is 30.6 Å². The van der Waals surface area contributed by atoms with Gasteiger partial charge in [-0.05, 0) is 48.9 Å². The van der Waals surface area contributed by atoms with Crippen LogP contribution in [0.4, 0.5) is 0 Å². The SMILES string of the molecule is COC(=O)c1ccc(C=NNC(=O)Cn2cnc3sc4c(c3c2=O)CCCC4)cc1. The summed E-state index contributed by atoms with van der Waals surface area (Å²) in [5, 5.41) is 4.56. The highest BCUT2D eigenvalue weighted by molar-refractivity contribution is 7.18. The zero-order valence-corrected chi connectivity index (χ0v) is 17.2. The van der Waals surface area contributed by atoms with Crippen LogP contribution in [0.15, 0.2) is 40.5 Å². The smallest absolute Gasteiger partial charge is 0.337 e. The van der Waals surface area contributed by atoms with Crippen molar-refractivity contribution < 1.29 is 14.3 Å². The van der Waals surface area contributed by atoms with Crippen LogP contribution in [-0.4, -0.2) is 34.8 Å². The Labute approximate surface area is 176 Å². The van der Waals surface area contributed by atoms with Crippen molar-refractivity contribution in [1.82, 2.24) is 15.0 Å². The molecule has 2 aromatic heterocycles. The summed E-state index contributed by atoms with van der Waals surface area (Å²) in [7, 11) is 1.32. The van der Waals surface area contributed by atoms with E-state index in [-0.39, 0.29) is 12.1 Å². The van der Waals surface area contributed by atoms with Gasteiger partial charge in [-0.25, -0.2) is 15.2 Å². The topological polar surface area (TPSA) is 103 Å². The Balaban J connectivity index is 1.43. The summed E-state index contributed by atoms with van der Waals surface area (Å²) in [4.78, 5) is 42.9. The van der Waals surface area contributed by atoms with Gasteiger partial charge in [0.15, 0.2) is 0 Å². The molecule has 1 aromatic carbocycles. The summed E-state index contributed by atoms with van der Waals surface area (Å²) in [6.07, 6.45) is 6.97. The van der Waals surface area contributed by atoms with E-state index in [1.165, 1.54) is 29.1 Å². The Kier molecular flexibility index (Phi) is 5.71. The molecular weight excluding hydrogens is 404 g/mol. The fourth-order valence-corrected chi connectivity index (χ4v) is 4.71. The van der Waals surface area contributed by atoms with Gasteiger partial charge in [0.2, 0.25) is 0 Å². The Bertz CT molecular complexity index is 1190. The minimum absolute atomic E-state index is 0.162. The third kappa shape index (κ3) is 4.02. The number of ether oxygens (including phenoxy) is 1. The maximum atomic E-state index is 12.9. The molecule has 0 saturated carbocycles. The first-order chi connectivity index (χ1) is 14.6. The average Bonchev–Trinajstić information content (AvgIpc) is 3.15. The molecule has 0 fully saturated rings. The number of rotatable bonds is 5. The summed E-state index contributed by atoms with van der Waals surface area (Å²) in [6, 6.07) is 6.59. The Morgan fingerprint density at radius 1 is 1.27 bits per heavy atom. The molecule has 0 aliphatic heterocycles. The number of hydrogen-bond donors (Lipinski definition) is 1. The molecule has 1 amide bonds. The second-order valence-electron chi connectivity index (χ2n) is 6.98. The van der Waals surface area contributed by atoms with Crippen molar-refractivity contribution >= 4 is 39.6 Å². The third-order valence-electron chi connectivity index (χ3n) is 4.99. The van der Waals surface area contributed by atoms with E-state index in [0.717, 1.165) is 36.1 Å². The molecule has 9 heteroatoms. The normalized spacial score (nSPS) is 13.4. The second-order valence-corrected chi connectivity index (χ2v) is 8.06. The van der Waals surface area contributed by atoms with Crippen LogP contribution in [0.3, 0.4) is 0 Å². The van der Waals surface area contributed by atoms with Crippen LogP contribution < -0.4 is 11.0 Å². The molecule has 2 heterocycles. The maximum Gasteiger partial charge on any atom is 0.337 e. The van der Waals surface area contributed by atoms with Gasteiger partial charge in [-0.2, -0.15) is 5.10 Å². The van der Waals surface area contributed by atoms with Gasteiger partial charge in [0.1, 0.15) is 11.4 Å². The number of aromatic nitrogens is 2. The van der Waals surface area contributed by atoms with Gasteiger partial charge < -0.3 is 4.74 Å². The van der Waals surface area contributed by atoms with E-state index >= 15 is 0 Å². The largest absolute Gasteiger partial charge is 0.465 e. The zero-order chi connectivity index (χ0) is 21.1. The van der Waals surface area contributed by atoms with Crippen molar-refractivity contribution in [3.63, 3.8) is 0 Å². The Hall–Kier alpha value is -3.33. The van der Waals surface area contributed by atoms with Crippen LogP contribution in [0.25, 0.3) is 10.2 Å². The minimum Gasteiger partial charge on any atom is -0.465 e. The number of fused-ring (bicyclic) bond motifs is 3. The number of methoxy groups -OCH3 is 1. The molecule has 4 rings (SSSR count). The molecule has 1 N–H and O–H groups in total. The van der Waals surface area contributed by atoms with Crippen molar-refractivity contribution in [1.29, 1.82) is 0 Å². The molecule has 0 spiro atoms. The van der Waals surface area contributed by atoms with E-state index in [1.54, 1.807) is 35.6 Å². The van der Waals surface area contributed by atoms with E-state index in [4.69, 9.17) is 0 Å². The molecule has 154 valence electrons. The van der Waals surface area contributed by atoms with Crippen molar-refractivity contribution in [2.75, 3.05) is 7.11 Å². The van der Waals surface area contributed by atoms with Crippen LogP contribution in [0.2, 0.25) is 0 Å². The number of hydrogen-bond acceptors (Lipinski definition) is 7. The van der Waals surface area contributed by atoms with Gasteiger partial charge >= 0.3 is 5.97 Å². The number of esters is 1. The number of aryl methyl sites for hydroxylation is 2. The lowest BCUT2D eigenvalue weighted by Gasteiger charge is -2.10. The monoisotopic (exact) mass is 424 g/mol. The lowest BCUT2D eigenvalue weighted by molar-refractivity contribution is -0.121. The molecule has 0 saturated heterocycles. The van der Waals surface area contributed by atoms with Crippen LogP contribution in [0, 0.1) is 0 Å². The number of amides is 1. The number of benzene rings is 1. The first kappa shape index (κ1) is 20.0. The number of nitrogens with zero attached hydrogens (tertiary/aromatic N) is 3. The van der Waals surface area contributed by atoms with E-state index in [0.29, 0.717) is 16.5 Å². The predicted molar refractivity (Wildman–Crippen MR) is 114 cm³/mol. The first-order valence-electron chi connectivity index (χ1n) is 9.57. The molecule has 8 nitrogen and oxygen atoms in total. The summed E-state index contributed by atoms with van der Waals surface area (Å²) in [6.45, 7) is -0.162. The van der Waals surface area contributed by atoms with Crippen molar-refractivity contribution in [3.05, 3.63) is 62.5 Å². The number of nitrogens with one attached hydrogen (secondary N) is 1. The molecular formula is C21H20N4O4S. The molecule has 1 aliphatic rings. The molecule has 0 atom stereocenters. The van der Waals surface area contributed by atoms with Gasteiger partial charge in [0.25, 0.3) is 11.5 Å². The third-order valence-corrected chi connectivity index (χ3v) is 6.19. The second kappa shape index (κ2) is 8.58. The van der Waals surface area contributed by atoms with Crippen LogP contribution >= 0.6 is 11.3 Å². The highest BCUT2D eigenvalue weighted by atomic mass is 32.1. The van der Waals surface area contributed by atoms with Crippen LogP contribution in [0.1, 0.15) is 39.2 Å². The molecule has 30 heavy (non-hydrogen) atoms. The van der Waals surface area contributed by atoms with Crippen molar-refractivity contribution in [2.45, 2.75) is 32.2 Å². The summed E-state index contributed by atoms with van der Waals surface area (Å²) >= 11 is 1.58. The Morgan fingerprint density at radius 2 is 2.03 bits per heavy atom. The van der Waals surface area contributed by atoms with Gasteiger partial charge in [-0.1, -0.05) is 12.1 Å². The minimum atomic E-state index is -0.426. The maximum absolute atomic E-state index is 12.9. The quantitative estimate of drug-likeness (QED) is 0.385. The molecule has 0 unspecified atom stereocenters. The van der Waals surface area contributed by atoms with E-state index < -0.39 is 11.9 Å². The fraction of sp³-hybridized carbons (Fsp3) is 0.286. The van der Waals surface area contributed by atoms with Crippen molar-refractivity contribution in [3.8, 4) is 0 Å². The molecule has 3 aromatic rings. The number of hydrazone groups is 1. The fourth-order valence-electron chi connectivity index (χ4n) is 3.49. The molecule has 0 radical (unpaired) electrons. The zero-order valence-electron chi connectivity index (χ0n) is 16.4. The van der Waals surface area contributed by atoms with Crippen LogP contribution in [0.5, 0.6) is 0 Å². The number of carbonyl (C=O) groups is 2. The highest BCUT2D eigenvalue weighted by Crippen LogP contribution is 2.33. The standard InChI is InChI=1S/C21H20N4O4S/c1-29-21(28)14-8-6-13(7-9-14)10-23-24-17(26)11-25-12-22-19-18(20(25)27)15-4-2-3-5-16(15)30-19/h6-10,12H,2-5,11H2,1H3,(H,24,26). The first-order valence-corrected chi connectivity index (χ1v) is 10.4. The predicted octanol–water partition coefficient (Wildman–Crippen LogP) is 2.27. The Morgan fingerprint density at radius 3 is 2.80 bits per heavy atom. The lowest BCUT2D eigenvalue weighted by atomic mass is 9.97. The van der Waals surface area contributed by atoms with Crippen LogP contribution in [-0.2, 0) is 28.9 Å².